The van der Waals surface area contributed by atoms with E-state index in [1.807, 2.05) is 24.3 Å². The number of benzene rings is 1. The van der Waals surface area contributed by atoms with E-state index in [1.165, 1.54) is 12.8 Å². The molecular weight excluding hydrogens is 252 g/mol. The second-order valence-corrected chi connectivity index (χ2v) is 6.01. The van der Waals surface area contributed by atoms with Gasteiger partial charge in [0, 0.05) is 12.0 Å². The number of rotatable bonds is 5. The van der Waals surface area contributed by atoms with Gasteiger partial charge in [-0.15, -0.1) is 0 Å². The summed E-state index contributed by atoms with van der Waals surface area (Å²) >= 11 is 0. The fourth-order valence-electron chi connectivity index (χ4n) is 2.68. The molecule has 20 heavy (non-hydrogen) atoms. The van der Waals surface area contributed by atoms with Crippen LogP contribution in [0.2, 0.25) is 0 Å². The zero-order chi connectivity index (χ0) is 13.9. The van der Waals surface area contributed by atoms with Gasteiger partial charge in [0.25, 0.3) is 0 Å². The summed E-state index contributed by atoms with van der Waals surface area (Å²) in [6.07, 6.45) is 5.13. The molecular formula is C16H22N2O2. The van der Waals surface area contributed by atoms with E-state index < -0.39 is 0 Å². The summed E-state index contributed by atoms with van der Waals surface area (Å²) in [5.74, 6) is 1.59. The SMILES string of the molecule is NC1CCC(C(=O)Nc2ccccc2OCC2CC2)C1. The minimum absolute atomic E-state index is 0.0430. The maximum Gasteiger partial charge on any atom is 0.227 e. The Morgan fingerprint density at radius 2 is 2.05 bits per heavy atom. The highest BCUT2D eigenvalue weighted by Gasteiger charge is 2.28. The molecule has 0 saturated heterocycles. The van der Waals surface area contributed by atoms with Gasteiger partial charge in [0.15, 0.2) is 0 Å². The lowest BCUT2D eigenvalue weighted by Gasteiger charge is -2.14. The number of para-hydroxylation sites is 2. The van der Waals surface area contributed by atoms with Crippen LogP contribution in [0.4, 0.5) is 5.69 Å². The molecule has 3 N–H and O–H groups in total. The monoisotopic (exact) mass is 274 g/mol. The first-order chi connectivity index (χ1) is 9.72. The van der Waals surface area contributed by atoms with Crippen LogP contribution in [0.5, 0.6) is 5.75 Å². The Balaban J connectivity index is 1.62. The van der Waals surface area contributed by atoms with E-state index in [9.17, 15) is 4.79 Å². The highest BCUT2D eigenvalue weighted by Crippen LogP contribution is 2.32. The van der Waals surface area contributed by atoms with Crippen LogP contribution in [-0.4, -0.2) is 18.6 Å². The van der Waals surface area contributed by atoms with Gasteiger partial charge in [0.1, 0.15) is 5.75 Å². The molecule has 2 fully saturated rings. The van der Waals surface area contributed by atoms with Crippen molar-refractivity contribution in [2.24, 2.45) is 17.6 Å². The molecule has 2 atom stereocenters. The minimum atomic E-state index is 0.0430. The largest absolute Gasteiger partial charge is 0.491 e. The van der Waals surface area contributed by atoms with Crippen molar-refractivity contribution in [1.29, 1.82) is 0 Å². The maximum absolute atomic E-state index is 12.2. The fraction of sp³-hybridized carbons (Fsp3) is 0.562. The Labute approximate surface area is 119 Å². The molecule has 0 bridgehead atoms. The van der Waals surface area contributed by atoms with Crippen LogP contribution in [0.25, 0.3) is 0 Å². The third-order valence-electron chi connectivity index (χ3n) is 4.16. The standard InChI is InChI=1S/C16H22N2O2/c17-13-8-7-12(9-13)16(19)18-14-3-1-2-4-15(14)20-10-11-5-6-11/h1-4,11-13H,5-10,17H2,(H,18,19). The summed E-state index contributed by atoms with van der Waals surface area (Å²) in [5, 5.41) is 3.00. The predicted molar refractivity (Wildman–Crippen MR) is 78.6 cm³/mol. The normalized spacial score (nSPS) is 25.4. The van der Waals surface area contributed by atoms with Crippen LogP contribution in [0.3, 0.4) is 0 Å². The molecule has 1 amide bonds. The molecule has 1 aromatic carbocycles. The molecule has 4 heteroatoms. The van der Waals surface area contributed by atoms with Crippen molar-refractivity contribution in [3.05, 3.63) is 24.3 Å². The lowest BCUT2D eigenvalue weighted by Crippen LogP contribution is -2.23. The lowest BCUT2D eigenvalue weighted by molar-refractivity contribution is -0.119. The number of hydrogen-bond donors (Lipinski definition) is 2. The van der Waals surface area contributed by atoms with Gasteiger partial charge in [0.2, 0.25) is 5.91 Å². The summed E-state index contributed by atoms with van der Waals surface area (Å²) in [6, 6.07) is 7.84. The number of nitrogens with one attached hydrogen (secondary N) is 1. The van der Waals surface area contributed by atoms with Crippen molar-refractivity contribution >= 4 is 11.6 Å². The molecule has 0 heterocycles. The van der Waals surface area contributed by atoms with E-state index in [2.05, 4.69) is 5.32 Å². The van der Waals surface area contributed by atoms with Crippen LogP contribution in [0.15, 0.2) is 24.3 Å². The summed E-state index contributed by atoms with van der Waals surface area (Å²) in [7, 11) is 0. The van der Waals surface area contributed by atoms with E-state index in [-0.39, 0.29) is 17.9 Å². The number of carbonyl (C=O) groups excluding carboxylic acids is 1. The fourth-order valence-corrected chi connectivity index (χ4v) is 2.68. The number of carbonyl (C=O) groups is 1. The number of anilines is 1. The van der Waals surface area contributed by atoms with Crippen molar-refractivity contribution < 1.29 is 9.53 Å². The van der Waals surface area contributed by atoms with E-state index in [4.69, 9.17) is 10.5 Å². The van der Waals surface area contributed by atoms with E-state index in [1.54, 1.807) is 0 Å². The molecule has 0 aromatic heterocycles. The molecule has 3 rings (SSSR count). The average Bonchev–Trinajstić information content (AvgIpc) is 3.18. The first kappa shape index (κ1) is 13.4. The number of nitrogens with two attached hydrogens (primary N) is 1. The van der Waals surface area contributed by atoms with Gasteiger partial charge in [-0.25, -0.2) is 0 Å². The molecule has 1 aromatic rings. The Morgan fingerprint density at radius 1 is 1.25 bits per heavy atom. The van der Waals surface area contributed by atoms with Crippen LogP contribution < -0.4 is 15.8 Å². The van der Waals surface area contributed by atoms with Gasteiger partial charge >= 0.3 is 0 Å². The second-order valence-electron chi connectivity index (χ2n) is 6.01. The zero-order valence-corrected chi connectivity index (χ0v) is 11.7. The van der Waals surface area contributed by atoms with Gasteiger partial charge in [-0.2, -0.15) is 0 Å². The molecule has 2 aliphatic rings. The molecule has 108 valence electrons. The number of hydrogen-bond acceptors (Lipinski definition) is 3. The number of amides is 1. The van der Waals surface area contributed by atoms with Crippen LogP contribution in [-0.2, 0) is 4.79 Å². The summed E-state index contributed by atoms with van der Waals surface area (Å²) in [4.78, 5) is 12.2. The van der Waals surface area contributed by atoms with Gasteiger partial charge in [-0.1, -0.05) is 12.1 Å². The Hall–Kier alpha value is -1.55. The van der Waals surface area contributed by atoms with Gasteiger partial charge in [-0.3, -0.25) is 4.79 Å². The highest BCUT2D eigenvalue weighted by atomic mass is 16.5. The lowest BCUT2D eigenvalue weighted by atomic mass is 10.1. The van der Waals surface area contributed by atoms with Gasteiger partial charge in [0.05, 0.1) is 12.3 Å². The summed E-state index contributed by atoms with van der Waals surface area (Å²) < 4.78 is 5.81. The Kier molecular flexibility index (Phi) is 3.92. The zero-order valence-electron chi connectivity index (χ0n) is 11.7. The third kappa shape index (κ3) is 3.31. The van der Waals surface area contributed by atoms with Crippen LogP contribution >= 0.6 is 0 Å². The highest BCUT2D eigenvalue weighted by molar-refractivity contribution is 5.94. The van der Waals surface area contributed by atoms with Crippen molar-refractivity contribution in [3.8, 4) is 5.75 Å². The first-order valence-corrected chi connectivity index (χ1v) is 7.50. The van der Waals surface area contributed by atoms with E-state index in [0.717, 1.165) is 37.3 Å². The van der Waals surface area contributed by atoms with Crippen molar-refractivity contribution in [2.75, 3.05) is 11.9 Å². The first-order valence-electron chi connectivity index (χ1n) is 7.50. The van der Waals surface area contributed by atoms with Crippen LogP contribution in [0.1, 0.15) is 32.1 Å². The Morgan fingerprint density at radius 3 is 2.75 bits per heavy atom. The molecule has 2 saturated carbocycles. The Bertz CT molecular complexity index is 485. The summed E-state index contributed by atoms with van der Waals surface area (Å²) in [6.45, 7) is 0.751. The molecule has 2 aliphatic carbocycles. The molecule has 0 radical (unpaired) electrons. The van der Waals surface area contributed by atoms with Crippen molar-refractivity contribution in [2.45, 2.75) is 38.1 Å². The van der Waals surface area contributed by atoms with Crippen molar-refractivity contribution in [3.63, 3.8) is 0 Å². The third-order valence-corrected chi connectivity index (χ3v) is 4.16. The maximum atomic E-state index is 12.2. The van der Waals surface area contributed by atoms with Crippen molar-refractivity contribution in [1.82, 2.24) is 0 Å². The quantitative estimate of drug-likeness (QED) is 0.867. The molecule has 0 aliphatic heterocycles. The van der Waals surface area contributed by atoms with Gasteiger partial charge < -0.3 is 15.8 Å². The second kappa shape index (κ2) is 5.83. The average molecular weight is 274 g/mol. The topological polar surface area (TPSA) is 64.4 Å². The molecule has 4 nitrogen and oxygen atoms in total. The van der Waals surface area contributed by atoms with Gasteiger partial charge in [-0.05, 0) is 50.2 Å². The molecule has 0 spiro atoms. The summed E-state index contributed by atoms with van der Waals surface area (Å²) in [5.41, 5.74) is 6.65. The van der Waals surface area contributed by atoms with E-state index >= 15 is 0 Å². The minimum Gasteiger partial charge on any atom is -0.491 e. The molecule has 2 unspecified atom stereocenters. The smallest absolute Gasteiger partial charge is 0.227 e. The predicted octanol–water partition coefficient (Wildman–Crippen LogP) is 2.54. The van der Waals surface area contributed by atoms with Crippen LogP contribution in [0, 0.1) is 11.8 Å². The van der Waals surface area contributed by atoms with E-state index in [0.29, 0.717) is 5.92 Å². The number of ether oxygens (including phenoxy) is 1.